The van der Waals surface area contributed by atoms with Gasteiger partial charge in [0.2, 0.25) is 17.1 Å². The molecule has 2 aromatic carbocycles. The van der Waals surface area contributed by atoms with E-state index in [1.165, 1.54) is 25.1 Å². The van der Waals surface area contributed by atoms with E-state index < -0.39 is 16.9 Å². The van der Waals surface area contributed by atoms with E-state index in [2.05, 4.69) is 5.32 Å². The Labute approximate surface area is 175 Å². The van der Waals surface area contributed by atoms with Crippen molar-refractivity contribution in [2.24, 2.45) is 0 Å². The number of phenols is 4. The average molecular weight is 431 g/mol. The molecule has 10 heteroatoms. The van der Waals surface area contributed by atoms with E-state index in [0.29, 0.717) is 6.54 Å². The summed E-state index contributed by atoms with van der Waals surface area (Å²) in [6.45, 7) is 2.00. The standard InChI is InChI=1S/C21H21NO9/c1-11(23)22-4-5-29-6-7-30-21-19(28)18-16(27)9-13(24)10-17(18)31-20(21)12-2-3-14(25)15(26)8-12/h2-3,8-10,24-27H,4-7H2,1H3,(H,22,23). The number of aromatic hydroxyl groups is 4. The van der Waals surface area contributed by atoms with Gasteiger partial charge in [-0.1, -0.05) is 0 Å². The monoisotopic (exact) mass is 431 g/mol. The minimum Gasteiger partial charge on any atom is -0.508 e. The third-order valence-corrected chi connectivity index (χ3v) is 4.25. The smallest absolute Gasteiger partial charge is 0.239 e. The third kappa shape index (κ3) is 4.98. The number of benzene rings is 2. The van der Waals surface area contributed by atoms with Crippen LogP contribution in [0.15, 0.2) is 39.5 Å². The quantitative estimate of drug-likeness (QED) is 0.265. The molecule has 3 aromatic rings. The number of nitrogens with one attached hydrogen (secondary N) is 1. The van der Waals surface area contributed by atoms with Gasteiger partial charge in [-0.3, -0.25) is 9.59 Å². The van der Waals surface area contributed by atoms with Crippen molar-refractivity contribution in [3.05, 3.63) is 40.6 Å². The first-order chi connectivity index (χ1) is 14.8. The average Bonchev–Trinajstić information content (AvgIpc) is 2.69. The zero-order valence-corrected chi connectivity index (χ0v) is 16.5. The molecule has 5 N–H and O–H groups in total. The fourth-order valence-corrected chi connectivity index (χ4v) is 2.86. The zero-order valence-electron chi connectivity index (χ0n) is 16.5. The van der Waals surface area contributed by atoms with Crippen molar-refractivity contribution in [2.45, 2.75) is 6.92 Å². The lowest BCUT2D eigenvalue weighted by molar-refractivity contribution is -0.119. The molecule has 1 heterocycles. The van der Waals surface area contributed by atoms with Crippen LogP contribution in [0.4, 0.5) is 0 Å². The van der Waals surface area contributed by atoms with E-state index in [1.54, 1.807) is 0 Å². The van der Waals surface area contributed by atoms with E-state index in [1.807, 2.05) is 0 Å². The molecule has 1 aromatic heterocycles. The Morgan fingerprint density at radius 2 is 1.77 bits per heavy atom. The number of hydrogen-bond acceptors (Lipinski definition) is 9. The molecule has 0 spiro atoms. The maximum atomic E-state index is 13.0. The molecule has 0 bridgehead atoms. The molecule has 3 rings (SSSR count). The Bertz CT molecular complexity index is 1170. The summed E-state index contributed by atoms with van der Waals surface area (Å²) in [6, 6.07) is 5.95. The second-order valence-electron chi connectivity index (χ2n) is 6.57. The second-order valence-corrected chi connectivity index (χ2v) is 6.57. The maximum absolute atomic E-state index is 13.0. The van der Waals surface area contributed by atoms with E-state index in [9.17, 15) is 30.0 Å². The van der Waals surface area contributed by atoms with Gasteiger partial charge in [0.1, 0.15) is 29.1 Å². The minimum absolute atomic E-state index is 0.0494. The molecule has 0 radical (unpaired) electrons. The van der Waals surface area contributed by atoms with Crippen LogP contribution in [0.5, 0.6) is 28.7 Å². The van der Waals surface area contributed by atoms with E-state index in [-0.39, 0.29) is 65.3 Å². The zero-order chi connectivity index (χ0) is 22.5. The van der Waals surface area contributed by atoms with Crippen molar-refractivity contribution in [3.63, 3.8) is 0 Å². The van der Waals surface area contributed by atoms with Gasteiger partial charge >= 0.3 is 0 Å². The summed E-state index contributed by atoms with van der Waals surface area (Å²) in [4.78, 5) is 23.8. The summed E-state index contributed by atoms with van der Waals surface area (Å²) in [5.41, 5.74) is -0.567. The molecule has 0 aliphatic heterocycles. The van der Waals surface area contributed by atoms with Crippen LogP contribution in [-0.2, 0) is 9.53 Å². The highest BCUT2D eigenvalue weighted by Gasteiger charge is 2.21. The molecule has 0 atom stereocenters. The van der Waals surface area contributed by atoms with Crippen LogP contribution in [-0.4, -0.2) is 52.7 Å². The number of hydrogen-bond donors (Lipinski definition) is 5. The van der Waals surface area contributed by atoms with Gasteiger partial charge in [-0.25, -0.2) is 0 Å². The summed E-state index contributed by atoms with van der Waals surface area (Å²) >= 11 is 0. The molecule has 0 unspecified atom stereocenters. The number of amides is 1. The number of carbonyl (C=O) groups excluding carboxylic acids is 1. The van der Waals surface area contributed by atoms with Crippen molar-refractivity contribution in [2.75, 3.05) is 26.4 Å². The van der Waals surface area contributed by atoms with Crippen LogP contribution in [0.1, 0.15) is 6.92 Å². The molecule has 0 aliphatic carbocycles. The lowest BCUT2D eigenvalue weighted by Crippen LogP contribution is -2.25. The lowest BCUT2D eigenvalue weighted by Gasteiger charge is -2.13. The molecule has 0 saturated heterocycles. The normalized spacial score (nSPS) is 10.9. The van der Waals surface area contributed by atoms with Crippen LogP contribution < -0.4 is 15.5 Å². The Kier molecular flexibility index (Phi) is 6.51. The lowest BCUT2D eigenvalue weighted by atomic mass is 10.1. The number of fused-ring (bicyclic) bond motifs is 1. The molecule has 1 amide bonds. The van der Waals surface area contributed by atoms with Crippen molar-refractivity contribution in [1.29, 1.82) is 0 Å². The Balaban J connectivity index is 1.93. The SMILES string of the molecule is CC(=O)NCCOCCOc1c(-c2ccc(O)c(O)c2)oc2cc(O)cc(O)c2c1=O. The molecule has 164 valence electrons. The third-order valence-electron chi connectivity index (χ3n) is 4.25. The van der Waals surface area contributed by atoms with Crippen LogP contribution in [0.2, 0.25) is 0 Å². The summed E-state index contributed by atoms with van der Waals surface area (Å²) < 4.78 is 16.6. The van der Waals surface area contributed by atoms with Gasteiger partial charge in [0, 0.05) is 31.2 Å². The van der Waals surface area contributed by atoms with Gasteiger partial charge in [0.15, 0.2) is 17.3 Å². The molecular formula is C21H21NO9. The second kappa shape index (κ2) is 9.26. The maximum Gasteiger partial charge on any atom is 0.239 e. The van der Waals surface area contributed by atoms with Gasteiger partial charge in [-0.2, -0.15) is 0 Å². The van der Waals surface area contributed by atoms with Crippen molar-refractivity contribution >= 4 is 16.9 Å². The van der Waals surface area contributed by atoms with E-state index >= 15 is 0 Å². The summed E-state index contributed by atoms with van der Waals surface area (Å²) in [7, 11) is 0. The van der Waals surface area contributed by atoms with Gasteiger partial charge < -0.3 is 39.6 Å². The molecule has 0 aliphatic rings. The van der Waals surface area contributed by atoms with Crippen molar-refractivity contribution in [1.82, 2.24) is 5.32 Å². The predicted molar refractivity (Wildman–Crippen MR) is 110 cm³/mol. The largest absolute Gasteiger partial charge is 0.508 e. The van der Waals surface area contributed by atoms with Gasteiger partial charge in [-0.15, -0.1) is 0 Å². The Morgan fingerprint density at radius 1 is 1.00 bits per heavy atom. The van der Waals surface area contributed by atoms with Crippen LogP contribution >= 0.6 is 0 Å². The number of rotatable bonds is 8. The highest BCUT2D eigenvalue weighted by Crippen LogP contribution is 2.38. The molecule has 0 saturated carbocycles. The number of carbonyl (C=O) groups is 1. The van der Waals surface area contributed by atoms with Gasteiger partial charge in [0.05, 0.1) is 13.2 Å². The minimum atomic E-state index is -0.695. The first-order valence-corrected chi connectivity index (χ1v) is 9.28. The summed E-state index contributed by atoms with van der Waals surface area (Å²) in [6.07, 6.45) is 0. The fourth-order valence-electron chi connectivity index (χ4n) is 2.86. The first-order valence-electron chi connectivity index (χ1n) is 9.28. The van der Waals surface area contributed by atoms with Gasteiger partial charge in [0.25, 0.3) is 0 Å². The highest BCUT2D eigenvalue weighted by atomic mass is 16.5. The Morgan fingerprint density at radius 3 is 2.48 bits per heavy atom. The summed E-state index contributed by atoms with van der Waals surface area (Å²) in [5.74, 6) is -2.10. The van der Waals surface area contributed by atoms with Crippen molar-refractivity contribution in [3.8, 4) is 40.1 Å². The summed E-state index contributed by atoms with van der Waals surface area (Å²) in [5, 5.41) is 41.6. The number of ether oxygens (including phenoxy) is 2. The first kappa shape index (κ1) is 21.8. The number of phenolic OH excluding ortho intramolecular Hbond substituents is 4. The van der Waals surface area contributed by atoms with Crippen LogP contribution in [0, 0.1) is 0 Å². The Hall–Kier alpha value is -3.92. The van der Waals surface area contributed by atoms with Crippen LogP contribution in [0.3, 0.4) is 0 Å². The topological polar surface area (TPSA) is 159 Å². The fraction of sp³-hybridized carbons (Fsp3) is 0.238. The highest BCUT2D eigenvalue weighted by molar-refractivity contribution is 5.88. The molecular weight excluding hydrogens is 410 g/mol. The molecule has 31 heavy (non-hydrogen) atoms. The van der Waals surface area contributed by atoms with E-state index in [4.69, 9.17) is 13.9 Å². The van der Waals surface area contributed by atoms with Crippen LogP contribution in [0.25, 0.3) is 22.3 Å². The molecule has 0 fully saturated rings. The molecule has 10 nitrogen and oxygen atoms in total. The van der Waals surface area contributed by atoms with E-state index in [0.717, 1.165) is 12.1 Å². The van der Waals surface area contributed by atoms with Gasteiger partial charge in [-0.05, 0) is 18.2 Å². The van der Waals surface area contributed by atoms with Crippen molar-refractivity contribution < 1.29 is 39.1 Å². The predicted octanol–water partition coefficient (Wildman–Crippen LogP) is 1.81.